The highest BCUT2D eigenvalue weighted by atomic mass is 19.1. The lowest BCUT2D eigenvalue weighted by Crippen LogP contribution is -2.32. The summed E-state index contributed by atoms with van der Waals surface area (Å²) in [6.07, 6.45) is 0.881. The molecule has 3 aromatic rings. The molecule has 0 atom stereocenters. The van der Waals surface area contributed by atoms with Crippen LogP contribution >= 0.6 is 0 Å². The highest BCUT2D eigenvalue weighted by Crippen LogP contribution is 2.35. The van der Waals surface area contributed by atoms with E-state index in [4.69, 9.17) is 4.74 Å². The molecule has 2 amide bonds. The minimum Gasteiger partial charge on any atom is -0.494 e. The molecule has 6 heteroatoms. The van der Waals surface area contributed by atoms with Gasteiger partial charge in [0.1, 0.15) is 17.3 Å². The molecule has 1 heterocycles. The summed E-state index contributed by atoms with van der Waals surface area (Å²) in [5.74, 6) is -0.691. The lowest BCUT2D eigenvalue weighted by Gasteiger charge is -2.17. The van der Waals surface area contributed by atoms with Gasteiger partial charge >= 0.3 is 0 Å². The van der Waals surface area contributed by atoms with Gasteiger partial charge in [-0.3, -0.25) is 9.59 Å². The fourth-order valence-corrected chi connectivity index (χ4v) is 3.66. The monoisotopic (exact) mass is 444 g/mol. The summed E-state index contributed by atoms with van der Waals surface area (Å²) < 4.78 is 19.4. The summed E-state index contributed by atoms with van der Waals surface area (Å²) in [7, 11) is 0. The van der Waals surface area contributed by atoms with Crippen LogP contribution in [0.15, 0.2) is 72.4 Å². The van der Waals surface area contributed by atoms with E-state index in [1.165, 1.54) is 12.1 Å². The van der Waals surface area contributed by atoms with Crippen molar-refractivity contribution >= 4 is 28.8 Å². The predicted molar refractivity (Wildman–Crippen MR) is 128 cm³/mol. The first-order chi connectivity index (χ1) is 15.9. The molecule has 1 aliphatic heterocycles. The lowest BCUT2D eigenvalue weighted by atomic mass is 10.0. The van der Waals surface area contributed by atoms with Gasteiger partial charge in [-0.05, 0) is 79.4 Å². The molecule has 0 aromatic heterocycles. The number of anilines is 2. The van der Waals surface area contributed by atoms with Gasteiger partial charge in [-0.1, -0.05) is 31.2 Å². The number of hydrogen-bond donors (Lipinski definition) is 1. The van der Waals surface area contributed by atoms with E-state index >= 15 is 0 Å². The average Bonchev–Trinajstić information content (AvgIpc) is 3.04. The van der Waals surface area contributed by atoms with Crippen LogP contribution in [0.3, 0.4) is 0 Å². The van der Waals surface area contributed by atoms with Crippen molar-refractivity contribution in [3.05, 3.63) is 94.9 Å². The SMILES string of the molecule is CCCOc1ccc(C2=C(Nc3cccc(F)c3)C(=O)N(c3ccc(C)c(C)c3)C2=O)cc1. The molecule has 4 rings (SSSR count). The van der Waals surface area contributed by atoms with Crippen molar-refractivity contribution in [1.82, 2.24) is 0 Å². The highest BCUT2D eigenvalue weighted by molar-refractivity contribution is 6.46. The number of nitrogens with zero attached hydrogens (tertiary/aromatic N) is 1. The molecule has 0 saturated carbocycles. The minimum atomic E-state index is -0.492. The van der Waals surface area contributed by atoms with Crippen molar-refractivity contribution in [2.75, 3.05) is 16.8 Å². The number of halogens is 1. The van der Waals surface area contributed by atoms with E-state index in [0.29, 0.717) is 29.3 Å². The Morgan fingerprint density at radius 1 is 0.909 bits per heavy atom. The third-order valence-electron chi connectivity index (χ3n) is 5.54. The van der Waals surface area contributed by atoms with Gasteiger partial charge in [0.15, 0.2) is 0 Å². The zero-order chi connectivity index (χ0) is 23.5. The minimum absolute atomic E-state index is 0.103. The largest absolute Gasteiger partial charge is 0.494 e. The molecule has 0 spiro atoms. The third-order valence-corrected chi connectivity index (χ3v) is 5.54. The second-order valence-electron chi connectivity index (χ2n) is 7.97. The Labute approximate surface area is 192 Å². The van der Waals surface area contributed by atoms with Crippen LogP contribution in [0.25, 0.3) is 5.57 Å². The number of nitrogens with one attached hydrogen (secondary N) is 1. The predicted octanol–water partition coefficient (Wildman–Crippen LogP) is 5.63. The Balaban J connectivity index is 1.77. The number of carbonyl (C=O) groups excluding carboxylic acids is 2. The quantitative estimate of drug-likeness (QED) is 0.480. The van der Waals surface area contributed by atoms with E-state index in [1.54, 1.807) is 42.5 Å². The number of amides is 2. The van der Waals surface area contributed by atoms with Gasteiger partial charge in [0.2, 0.25) is 0 Å². The summed E-state index contributed by atoms with van der Waals surface area (Å²) in [4.78, 5) is 28.2. The van der Waals surface area contributed by atoms with Crippen LogP contribution in [0.5, 0.6) is 5.75 Å². The molecule has 0 bridgehead atoms. The third kappa shape index (κ3) is 4.51. The van der Waals surface area contributed by atoms with Gasteiger partial charge in [-0.25, -0.2) is 9.29 Å². The molecule has 5 nitrogen and oxygen atoms in total. The molecular weight excluding hydrogens is 419 g/mol. The molecule has 1 N–H and O–H groups in total. The van der Waals surface area contributed by atoms with Crippen LogP contribution < -0.4 is 15.0 Å². The fraction of sp³-hybridized carbons (Fsp3) is 0.185. The first-order valence-corrected chi connectivity index (χ1v) is 10.8. The molecule has 33 heavy (non-hydrogen) atoms. The number of carbonyl (C=O) groups is 2. The Bertz CT molecular complexity index is 1250. The summed E-state index contributed by atoms with van der Waals surface area (Å²) >= 11 is 0. The molecule has 0 unspecified atom stereocenters. The van der Waals surface area contributed by atoms with Gasteiger partial charge in [0.25, 0.3) is 11.8 Å². The van der Waals surface area contributed by atoms with Crippen molar-refractivity contribution in [2.45, 2.75) is 27.2 Å². The second kappa shape index (κ2) is 9.28. The van der Waals surface area contributed by atoms with Crippen LogP contribution in [-0.4, -0.2) is 18.4 Å². The molecule has 168 valence electrons. The maximum absolute atomic E-state index is 13.8. The Morgan fingerprint density at radius 2 is 1.67 bits per heavy atom. The lowest BCUT2D eigenvalue weighted by molar-refractivity contribution is -0.120. The number of aryl methyl sites for hydroxylation is 2. The van der Waals surface area contributed by atoms with Crippen LogP contribution in [0.1, 0.15) is 30.0 Å². The summed E-state index contributed by atoms with van der Waals surface area (Å²) in [6.45, 7) is 6.51. The number of imide groups is 1. The van der Waals surface area contributed by atoms with E-state index in [-0.39, 0.29) is 11.3 Å². The van der Waals surface area contributed by atoms with Gasteiger partial charge < -0.3 is 10.1 Å². The first-order valence-electron chi connectivity index (χ1n) is 10.8. The Morgan fingerprint density at radius 3 is 2.33 bits per heavy atom. The van der Waals surface area contributed by atoms with Crippen LogP contribution in [0, 0.1) is 19.7 Å². The zero-order valence-corrected chi connectivity index (χ0v) is 18.8. The van der Waals surface area contributed by atoms with Gasteiger partial charge in [0.05, 0.1) is 17.9 Å². The van der Waals surface area contributed by atoms with Gasteiger partial charge in [0, 0.05) is 5.69 Å². The molecule has 0 saturated heterocycles. The van der Waals surface area contributed by atoms with Gasteiger partial charge in [-0.2, -0.15) is 0 Å². The van der Waals surface area contributed by atoms with Crippen LogP contribution in [-0.2, 0) is 9.59 Å². The Kier molecular flexibility index (Phi) is 6.27. The zero-order valence-electron chi connectivity index (χ0n) is 18.8. The molecule has 0 aliphatic carbocycles. The van der Waals surface area contributed by atoms with Crippen molar-refractivity contribution in [3.63, 3.8) is 0 Å². The Hall–Kier alpha value is -3.93. The van der Waals surface area contributed by atoms with Crippen molar-refractivity contribution < 1.29 is 18.7 Å². The summed E-state index contributed by atoms with van der Waals surface area (Å²) in [5.41, 5.74) is 3.81. The number of ether oxygens (including phenoxy) is 1. The maximum atomic E-state index is 13.8. The standard InChI is InChI=1S/C27H25FN2O3/c1-4-14-33-23-12-9-19(10-13-23)24-25(29-21-7-5-6-20(28)16-21)27(32)30(26(24)31)22-11-8-17(2)18(3)15-22/h5-13,15-16,29H,4,14H2,1-3H3. The topological polar surface area (TPSA) is 58.6 Å². The van der Waals surface area contributed by atoms with Gasteiger partial charge in [-0.15, -0.1) is 0 Å². The van der Waals surface area contributed by atoms with Crippen LogP contribution in [0.4, 0.5) is 15.8 Å². The van der Waals surface area contributed by atoms with Crippen molar-refractivity contribution in [1.29, 1.82) is 0 Å². The number of benzene rings is 3. The summed E-state index contributed by atoms with van der Waals surface area (Å²) in [5, 5.41) is 2.98. The number of hydrogen-bond acceptors (Lipinski definition) is 4. The molecule has 1 aliphatic rings. The van der Waals surface area contributed by atoms with E-state index in [2.05, 4.69) is 5.32 Å². The van der Waals surface area contributed by atoms with E-state index in [0.717, 1.165) is 22.4 Å². The van der Waals surface area contributed by atoms with E-state index in [9.17, 15) is 14.0 Å². The molecule has 0 radical (unpaired) electrons. The van der Waals surface area contributed by atoms with Crippen molar-refractivity contribution in [2.24, 2.45) is 0 Å². The normalized spacial score (nSPS) is 13.6. The highest BCUT2D eigenvalue weighted by Gasteiger charge is 2.40. The first kappa shape index (κ1) is 22.3. The second-order valence-corrected chi connectivity index (χ2v) is 7.97. The van der Waals surface area contributed by atoms with Crippen LogP contribution in [0.2, 0.25) is 0 Å². The van der Waals surface area contributed by atoms with E-state index in [1.807, 2.05) is 32.9 Å². The maximum Gasteiger partial charge on any atom is 0.282 e. The number of rotatable bonds is 7. The molecule has 3 aromatic carbocycles. The average molecular weight is 445 g/mol. The van der Waals surface area contributed by atoms with Crippen molar-refractivity contribution in [3.8, 4) is 5.75 Å². The molecular formula is C27H25FN2O3. The molecule has 0 fully saturated rings. The van der Waals surface area contributed by atoms with E-state index < -0.39 is 17.6 Å². The summed E-state index contributed by atoms with van der Waals surface area (Å²) in [6, 6.07) is 18.3. The smallest absolute Gasteiger partial charge is 0.282 e. The fourth-order valence-electron chi connectivity index (χ4n) is 3.66.